The molecule has 2 fully saturated rings. The van der Waals surface area contributed by atoms with Gasteiger partial charge >= 0.3 is 0 Å². The zero-order valence-corrected chi connectivity index (χ0v) is 12.0. The minimum Gasteiger partial charge on any atom is -0.353 e. The second-order valence-corrected chi connectivity index (χ2v) is 6.39. The Morgan fingerprint density at radius 3 is 2.60 bits per heavy atom. The minimum absolute atomic E-state index is 0.147. The van der Waals surface area contributed by atoms with Crippen LogP contribution in [0.4, 0.5) is 0 Å². The molecule has 0 radical (unpaired) electrons. The number of hydrogen-bond donors (Lipinski definition) is 2. The van der Waals surface area contributed by atoms with E-state index in [9.17, 15) is 4.79 Å². The molecular weight excluding hydrogens is 248 g/mol. The summed E-state index contributed by atoms with van der Waals surface area (Å²) in [6, 6.07) is 8.53. The van der Waals surface area contributed by atoms with Gasteiger partial charge in [-0.1, -0.05) is 43.5 Å². The van der Waals surface area contributed by atoms with Crippen LogP contribution in [0.15, 0.2) is 24.3 Å². The molecule has 2 aliphatic rings. The van der Waals surface area contributed by atoms with E-state index in [-0.39, 0.29) is 11.4 Å². The van der Waals surface area contributed by atoms with Crippen LogP contribution < -0.4 is 11.1 Å². The first-order valence-electron chi connectivity index (χ1n) is 7.84. The lowest BCUT2D eigenvalue weighted by atomic mass is 9.94. The van der Waals surface area contributed by atoms with Crippen molar-refractivity contribution >= 4 is 5.91 Å². The van der Waals surface area contributed by atoms with Crippen molar-refractivity contribution in [3.63, 3.8) is 0 Å². The van der Waals surface area contributed by atoms with Gasteiger partial charge in [-0.3, -0.25) is 4.79 Å². The van der Waals surface area contributed by atoms with Crippen molar-refractivity contribution in [3.8, 4) is 0 Å². The van der Waals surface area contributed by atoms with Crippen LogP contribution in [-0.2, 0) is 16.8 Å². The molecule has 3 rings (SSSR count). The Morgan fingerprint density at radius 2 is 1.90 bits per heavy atom. The topological polar surface area (TPSA) is 55.1 Å². The molecule has 3 nitrogen and oxygen atoms in total. The number of nitrogens with two attached hydrogens (primary N) is 1. The second-order valence-electron chi connectivity index (χ2n) is 6.39. The number of hydrogen-bond acceptors (Lipinski definition) is 2. The first-order valence-corrected chi connectivity index (χ1v) is 7.84. The average Bonchev–Trinajstić information content (AvgIpc) is 3.19. The molecule has 0 aliphatic heterocycles. The van der Waals surface area contributed by atoms with Gasteiger partial charge in [0.1, 0.15) is 0 Å². The van der Waals surface area contributed by atoms with Gasteiger partial charge in [0.05, 0.1) is 6.42 Å². The highest BCUT2D eigenvalue weighted by molar-refractivity contribution is 5.79. The highest BCUT2D eigenvalue weighted by atomic mass is 16.1. The van der Waals surface area contributed by atoms with Crippen LogP contribution in [0.25, 0.3) is 0 Å². The van der Waals surface area contributed by atoms with Crippen molar-refractivity contribution in [2.75, 3.05) is 0 Å². The van der Waals surface area contributed by atoms with Crippen LogP contribution in [0.1, 0.15) is 56.1 Å². The Hall–Kier alpha value is -1.35. The fourth-order valence-corrected chi connectivity index (χ4v) is 3.26. The lowest BCUT2D eigenvalue weighted by Gasteiger charge is -2.23. The number of carbonyl (C=O) groups is 1. The molecule has 1 amide bonds. The second kappa shape index (κ2) is 5.57. The molecule has 0 atom stereocenters. The number of rotatable bonds is 4. The molecule has 2 saturated carbocycles. The van der Waals surface area contributed by atoms with E-state index in [1.165, 1.54) is 24.8 Å². The van der Waals surface area contributed by atoms with E-state index in [2.05, 4.69) is 11.4 Å². The number of benzene rings is 1. The van der Waals surface area contributed by atoms with E-state index in [0.717, 1.165) is 31.2 Å². The number of carbonyl (C=O) groups excluding carboxylic acids is 1. The molecule has 3 heteroatoms. The SMILES string of the molecule is NC1(c2ccccc2CC(=O)NC2CCCCC2)CC1. The molecule has 0 unspecified atom stereocenters. The van der Waals surface area contributed by atoms with Crippen molar-refractivity contribution in [2.24, 2.45) is 5.73 Å². The zero-order valence-electron chi connectivity index (χ0n) is 12.0. The minimum atomic E-state index is -0.165. The summed E-state index contributed by atoms with van der Waals surface area (Å²) >= 11 is 0. The summed E-state index contributed by atoms with van der Waals surface area (Å²) in [5.74, 6) is 0.147. The van der Waals surface area contributed by atoms with E-state index in [4.69, 9.17) is 5.73 Å². The van der Waals surface area contributed by atoms with Crippen molar-refractivity contribution in [3.05, 3.63) is 35.4 Å². The summed E-state index contributed by atoms with van der Waals surface area (Å²) in [4.78, 5) is 12.2. The lowest BCUT2D eigenvalue weighted by molar-refractivity contribution is -0.121. The normalized spacial score (nSPS) is 21.4. The first kappa shape index (κ1) is 13.6. The lowest BCUT2D eigenvalue weighted by Crippen LogP contribution is -2.37. The zero-order chi connectivity index (χ0) is 14.0. The summed E-state index contributed by atoms with van der Waals surface area (Å²) < 4.78 is 0. The highest BCUT2D eigenvalue weighted by Gasteiger charge is 2.41. The molecule has 108 valence electrons. The Labute approximate surface area is 120 Å². The first-order chi connectivity index (χ1) is 9.67. The summed E-state index contributed by atoms with van der Waals surface area (Å²) in [7, 11) is 0. The van der Waals surface area contributed by atoms with Gasteiger partial charge in [-0.25, -0.2) is 0 Å². The van der Waals surface area contributed by atoms with E-state index in [1.807, 2.05) is 18.2 Å². The number of amides is 1. The Bertz CT molecular complexity index is 488. The van der Waals surface area contributed by atoms with Gasteiger partial charge < -0.3 is 11.1 Å². The molecule has 1 aromatic rings. The maximum atomic E-state index is 12.2. The molecule has 0 heterocycles. The Kier molecular flexibility index (Phi) is 3.79. The van der Waals surface area contributed by atoms with Gasteiger partial charge in [0.2, 0.25) is 5.91 Å². The monoisotopic (exact) mass is 272 g/mol. The molecule has 3 N–H and O–H groups in total. The Morgan fingerprint density at radius 1 is 1.20 bits per heavy atom. The molecule has 2 aliphatic carbocycles. The third-order valence-electron chi connectivity index (χ3n) is 4.66. The van der Waals surface area contributed by atoms with E-state index < -0.39 is 0 Å². The third-order valence-corrected chi connectivity index (χ3v) is 4.66. The van der Waals surface area contributed by atoms with Crippen molar-refractivity contribution in [1.82, 2.24) is 5.32 Å². The number of nitrogens with one attached hydrogen (secondary N) is 1. The summed E-state index contributed by atoms with van der Waals surface area (Å²) in [6.07, 6.45) is 8.60. The van der Waals surface area contributed by atoms with Crippen LogP contribution in [0.2, 0.25) is 0 Å². The standard InChI is InChI=1S/C17H24N2O/c18-17(10-11-17)15-9-5-4-6-13(15)12-16(20)19-14-7-2-1-3-8-14/h4-6,9,14H,1-3,7-8,10-12,18H2,(H,19,20). The fraction of sp³-hybridized carbons (Fsp3) is 0.588. The van der Waals surface area contributed by atoms with Crippen LogP contribution in [0, 0.1) is 0 Å². The molecule has 0 spiro atoms. The average molecular weight is 272 g/mol. The summed E-state index contributed by atoms with van der Waals surface area (Å²) in [5.41, 5.74) is 8.40. The van der Waals surface area contributed by atoms with Gasteiger partial charge in [0, 0.05) is 11.6 Å². The molecule has 0 bridgehead atoms. The molecular formula is C17H24N2O. The predicted molar refractivity (Wildman–Crippen MR) is 80.3 cm³/mol. The van der Waals surface area contributed by atoms with Gasteiger partial charge in [0.25, 0.3) is 0 Å². The van der Waals surface area contributed by atoms with Crippen molar-refractivity contribution < 1.29 is 4.79 Å². The third kappa shape index (κ3) is 3.04. The smallest absolute Gasteiger partial charge is 0.224 e. The van der Waals surface area contributed by atoms with E-state index in [1.54, 1.807) is 0 Å². The maximum Gasteiger partial charge on any atom is 0.224 e. The predicted octanol–water partition coefficient (Wildman–Crippen LogP) is 2.63. The summed E-state index contributed by atoms with van der Waals surface area (Å²) in [6.45, 7) is 0. The van der Waals surface area contributed by atoms with Gasteiger partial charge in [-0.2, -0.15) is 0 Å². The van der Waals surface area contributed by atoms with Gasteiger partial charge in [0.15, 0.2) is 0 Å². The summed E-state index contributed by atoms with van der Waals surface area (Å²) in [5, 5.41) is 3.19. The van der Waals surface area contributed by atoms with Gasteiger partial charge in [-0.15, -0.1) is 0 Å². The quantitative estimate of drug-likeness (QED) is 0.885. The molecule has 1 aromatic carbocycles. The molecule has 0 aromatic heterocycles. The van der Waals surface area contributed by atoms with Crippen LogP contribution >= 0.6 is 0 Å². The van der Waals surface area contributed by atoms with Gasteiger partial charge in [-0.05, 0) is 36.8 Å². The highest BCUT2D eigenvalue weighted by Crippen LogP contribution is 2.44. The molecule has 0 saturated heterocycles. The van der Waals surface area contributed by atoms with Crippen molar-refractivity contribution in [1.29, 1.82) is 0 Å². The van der Waals surface area contributed by atoms with Crippen LogP contribution in [-0.4, -0.2) is 11.9 Å². The van der Waals surface area contributed by atoms with E-state index >= 15 is 0 Å². The van der Waals surface area contributed by atoms with Crippen molar-refractivity contribution in [2.45, 2.75) is 62.9 Å². The Balaban J connectivity index is 1.64. The maximum absolute atomic E-state index is 12.2. The van der Waals surface area contributed by atoms with Crippen LogP contribution in [0.5, 0.6) is 0 Å². The fourth-order valence-electron chi connectivity index (χ4n) is 3.26. The van der Waals surface area contributed by atoms with Crippen LogP contribution in [0.3, 0.4) is 0 Å². The largest absolute Gasteiger partial charge is 0.353 e. The molecule has 20 heavy (non-hydrogen) atoms. The van der Waals surface area contributed by atoms with E-state index in [0.29, 0.717) is 12.5 Å².